The Balaban J connectivity index is 2.02. The summed E-state index contributed by atoms with van der Waals surface area (Å²) in [7, 11) is 1.96. The lowest BCUT2D eigenvalue weighted by Crippen LogP contribution is -2.24. The van der Waals surface area contributed by atoms with Gasteiger partial charge in [-0.3, -0.25) is 4.68 Å². The molecule has 0 bridgehead atoms. The predicted molar refractivity (Wildman–Crippen MR) is 80.9 cm³/mol. The molecule has 0 amide bonds. The molecular formula is C16H21N3O2. The summed E-state index contributed by atoms with van der Waals surface area (Å²) in [6.45, 7) is 4.26. The number of nitrogens with zero attached hydrogens (tertiary/aromatic N) is 2. The van der Waals surface area contributed by atoms with E-state index < -0.39 is 0 Å². The standard InChI is InChI=1S/C16H21N3O2/c1-3-9-19-13(7-8-18-19)15(17-2)12-5-4-6-14-16(12)21-11-10-20-14/h4-8,15,17H,3,9-11H2,1-2H3. The highest BCUT2D eigenvalue weighted by molar-refractivity contribution is 5.50. The van der Waals surface area contributed by atoms with E-state index in [1.165, 1.54) is 0 Å². The van der Waals surface area contributed by atoms with Crippen LogP contribution >= 0.6 is 0 Å². The summed E-state index contributed by atoms with van der Waals surface area (Å²) in [5.41, 5.74) is 2.23. The molecule has 1 aromatic carbocycles. The lowest BCUT2D eigenvalue weighted by Gasteiger charge is -2.25. The van der Waals surface area contributed by atoms with Gasteiger partial charge in [0.05, 0.1) is 11.7 Å². The molecular weight excluding hydrogens is 266 g/mol. The van der Waals surface area contributed by atoms with Gasteiger partial charge in [-0.2, -0.15) is 5.10 Å². The Morgan fingerprint density at radius 3 is 2.95 bits per heavy atom. The summed E-state index contributed by atoms with van der Waals surface area (Å²) in [5.74, 6) is 1.66. The topological polar surface area (TPSA) is 48.3 Å². The summed E-state index contributed by atoms with van der Waals surface area (Å²) in [6.07, 6.45) is 2.90. The fraction of sp³-hybridized carbons (Fsp3) is 0.438. The largest absolute Gasteiger partial charge is 0.486 e. The number of para-hydroxylation sites is 1. The van der Waals surface area contributed by atoms with Gasteiger partial charge in [0.2, 0.25) is 0 Å². The van der Waals surface area contributed by atoms with E-state index in [2.05, 4.69) is 29.5 Å². The van der Waals surface area contributed by atoms with Crippen LogP contribution in [0, 0.1) is 0 Å². The summed E-state index contributed by atoms with van der Waals surface area (Å²) >= 11 is 0. The molecule has 1 N–H and O–H groups in total. The van der Waals surface area contributed by atoms with E-state index in [1.54, 1.807) is 0 Å². The van der Waals surface area contributed by atoms with Gasteiger partial charge in [-0.1, -0.05) is 19.1 Å². The molecule has 1 atom stereocenters. The van der Waals surface area contributed by atoms with Crippen LogP contribution in [0.15, 0.2) is 30.5 Å². The second-order valence-electron chi connectivity index (χ2n) is 5.07. The maximum absolute atomic E-state index is 5.84. The van der Waals surface area contributed by atoms with E-state index in [4.69, 9.17) is 9.47 Å². The van der Waals surface area contributed by atoms with E-state index in [9.17, 15) is 0 Å². The van der Waals surface area contributed by atoms with Crippen LogP contribution < -0.4 is 14.8 Å². The van der Waals surface area contributed by atoms with Crippen molar-refractivity contribution in [2.45, 2.75) is 25.9 Å². The molecule has 1 unspecified atom stereocenters. The van der Waals surface area contributed by atoms with E-state index in [-0.39, 0.29) is 6.04 Å². The van der Waals surface area contributed by atoms with Gasteiger partial charge in [-0.15, -0.1) is 0 Å². The third-order valence-electron chi connectivity index (χ3n) is 3.68. The molecule has 1 aliphatic heterocycles. The Bertz CT molecular complexity index is 609. The van der Waals surface area contributed by atoms with Gasteiger partial charge in [0.1, 0.15) is 13.2 Å². The molecule has 1 aromatic heterocycles. The van der Waals surface area contributed by atoms with Crippen LogP contribution in [-0.4, -0.2) is 30.0 Å². The fourth-order valence-electron chi connectivity index (χ4n) is 2.77. The van der Waals surface area contributed by atoms with Crippen LogP contribution in [0.1, 0.15) is 30.6 Å². The number of fused-ring (bicyclic) bond motifs is 1. The van der Waals surface area contributed by atoms with Crippen LogP contribution in [0.3, 0.4) is 0 Å². The number of rotatable bonds is 5. The van der Waals surface area contributed by atoms with Crippen molar-refractivity contribution < 1.29 is 9.47 Å². The third-order valence-corrected chi connectivity index (χ3v) is 3.68. The first kappa shape index (κ1) is 13.9. The molecule has 0 aliphatic carbocycles. The van der Waals surface area contributed by atoms with Crippen molar-refractivity contribution in [1.82, 2.24) is 15.1 Å². The molecule has 2 heterocycles. The van der Waals surface area contributed by atoms with Gasteiger partial charge in [0.15, 0.2) is 11.5 Å². The molecule has 0 radical (unpaired) electrons. The molecule has 1 aliphatic rings. The van der Waals surface area contributed by atoms with Crippen molar-refractivity contribution in [1.29, 1.82) is 0 Å². The van der Waals surface area contributed by atoms with Crippen LogP contribution in [0.25, 0.3) is 0 Å². The Hall–Kier alpha value is -2.01. The summed E-state index contributed by atoms with van der Waals surface area (Å²) in [5, 5.41) is 7.79. The van der Waals surface area contributed by atoms with Crippen LogP contribution in [-0.2, 0) is 6.54 Å². The highest BCUT2D eigenvalue weighted by atomic mass is 16.6. The average Bonchev–Trinajstić information content (AvgIpc) is 2.97. The zero-order valence-electron chi connectivity index (χ0n) is 12.5. The Labute approximate surface area is 124 Å². The molecule has 5 heteroatoms. The molecule has 21 heavy (non-hydrogen) atoms. The number of ether oxygens (including phenoxy) is 2. The Morgan fingerprint density at radius 2 is 2.14 bits per heavy atom. The molecule has 112 valence electrons. The van der Waals surface area contributed by atoms with Gasteiger partial charge in [0, 0.05) is 18.3 Å². The highest BCUT2D eigenvalue weighted by Crippen LogP contribution is 2.38. The summed E-state index contributed by atoms with van der Waals surface area (Å²) < 4.78 is 13.6. The lowest BCUT2D eigenvalue weighted by atomic mass is 10.0. The normalized spacial score (nSPS) is 15.0. The van der Waals surface area contributed by atoms with E-state index in [0.29, 0.717) is 13.2 Å². The number of aromatic nitrogens is 2. The van der Waals surface area contributed by atoms with Crippen molar-refractivity contribution in [3.63, 3.8) is 0 Å². The lowest BCUT2D eigenvalue weighted by molar-refractivity contribution is 0.169. The minimum Gasteiger partial charge on any atom is -0.486 e. The molecule has 5 nitrogen and oxygen atoms in total. The van der Waals surface area contributed by atoms with Gasteiger partial charge in [0.25, 0.3) is 0 Å². The van der Waals surface area contributed by atoms with Crippen molar-refractivity contribution in [3.05, 3.63) is 41.7 Å². The molecule has 0 fully saturated rings. The van der Waals surface area contributed by atoms with Gasteiger partial charge >= 0.3 is 0 Å². The Kier molecular flexibility index (Phi) is 4.10. The number of aryl methyl sites for hydroxylation is 1. The first-order valence-electron chi connectivity index (χ1n) is 7.42. The molecule has 0 spiro atoms. The summed E-state index contributed by atoms with van der Waals surface area (Å²) in [6, 6.07) is 8.13. The van der Waals surface area contributed by atoms with Crippen LogP contribution in [0.4, 0.5) is 0 Å². The smallest absolute Gasteiger partial charge is 0.166 e. The van der Waals surface area contributed by atoms with E-state index in [1.807, 2.05) is 30.1 Å². The monoisotopic (exact) mass is 287 g/mol. The zero-order chi connectivity index (χ0) is 14.7. The first-order valence-corrected chi connectivity index (χ1v) is 7.42. The molecule has 3 rings (SSSR count). The molecule has 0 saturated heterocycles. The number of benzene rings is 1. The van der Waals surface area contributed by atoms with Crippen molar-refractivity contribution >= 4 is 0 Å². The van der Waals surface area contributed by atoms with Crippen LogP contribution in [0.2, 0.25) is 0 Å². The van der Waals surface area contributed by atoms with E-state index in [0.717, 1.165) is 35.7 Å². The first-order chi connectivity index (χ1) is 10.3. The predicted octanol–water partition coefficient (Wildman–Crippen LogP) is 2.37. The average molecular weight is 287 g/mol. The maximum Gasteiger partial charge on any atom is 0.166 e. The minimum absolute atomic E-state index is 0.0377. The minimum atomic E-state index is 0.0377. The van der Waals surface area contributed by atoms with Crippen LogP contribution in [0.5, 0.6) is 11.5 Å². The molecule has 2 aromatic rings. The Morgan fingerprint density at radius 1 is 1.29 bits per heavy atom. The SMILES string of the molecule is CCCn1nccc1C(NC)c1cccc2c1OCCO2. The third kappa shape index (κ3) is 2.61. The number of hydrogen-bond donors (Lipinski definition) is 1. The fourth-order valence-corrected chi connectivity index (χ4v) is 2.77. The quantitative estimate of drug-likeness (QED) is 0.917. The van der Waals surface area contributed by atoms with Gasteiger partial charge in [-0.05, 0) is 25.6 Å². The zero-order valence-corrected chi connectivity index (χ0v) is 12.5. The van der Waals surface area contributed by atoms with Gasteiger partial charge < -0.3 is 14.8 Å². The number of nitrogens with one attached hydrogen (secondary N) is 1. The second-order valence-corrected chi connectivity index (χ2v) is 5.07. The van der Waals surface area contributed by atoms with Crippen molar-refractivity contribution in [2.24, 2.45) is 0 Å². The highest BCUT2D eigenvalue weighted by Gasteiger charge is 2.24. The summed E-state index contributed by atoms with van der Waals surface area (Å²) in [4.78, 5) is 0. The number of hydrogen-bond acceptors (Lipinski definition) is 4. The second kappa shape index (κ2) is 6.18. The van der Waals surface area contributed by atoms with Gasteiger partial charge in [-0.25, -0.2) is 0 Å². The maximum atomic E-state index is 5.84. The van der Waals surface area contributed by atoms with Crippen molar-refractivity contribution in [3.8, 4) is 11.5 Å². The molecule has 0 saturated carbocycles. The van der Waals surface area contributed by atoms with E-state index >= 15 is 0 Å². The van der Waals surface area contributed by atoms with Crippen molar-refractivity contribution in [2.75, 3.05) is 20.3 Å².